The van der Waals surface area contributed by atoms with Crippen LogP contribution in [0.5, 0.6) is 0 Å². The van der Waals surface area contributed by atoms with E-state index in [1.807, 2.05) is 29.6 Å². The van der Waals surface area contributed by atoms with Crippen LogP contribution in [0.15, 0.2) is 21.2 Å². The minimum atomic E-state index is -0.512. The van der Waals surface area contributed by atoms with Gasteiger partial charge in [0.1, 0.15) is 11.9 Å². The van der Waals surface area contributed by atoms with Crippen LogP contribution in [0.25, 0.3) is 0 Å². The Balaban J connectivity index is 2.13. The first-order valence-electron chi connectivity index (χ1n) is 4.84. The molecular formula is C10H13BrO2S2. The van der Waals surface area contributed by atoms with Gasteiger partial charge in [-0.3, -0.25) is 0 Å². The lowest BCUT2D eigenvalue weighted by Gasteiger charge is -2.30. The molecular weight excluding hydrogens is 296 g/mol. The maximum Gasteiger partial charge on any atom is 0.147 e. The summed E-state index contributed by atoms with van der Waals surface area (Å²) in [7, 11) is 0. The number of hydrogen-bond acceptors (Lipinski definition) is 4. The molecule has 1 aromatic rings. The Labute approximate surface area is 106 Å². The summed E-state index contributed by atoms with van der Waals surface area (Å²) in [6.07, 6.45) is 1.09. The smallest absolute Gasteiger partial charge is 0.147 e. The second-order valence-corrected chi connectivity index (χ2v) is 7.11. The van der Waals surface area contributed by atoms with Crippen molar-refractivity contribution in [3.8, 4) is 0 Å². The van der Waals surface area contributed by atoms with Crippen LogP contribution in [0.3, 0.4) is 0 Å². The Bertz CT molecular complexity index is 329. The molecule has 1 aromatic heterocycles. The monoisotopic (exact) mass is 308 g/mol. The first kappa shape index (κ1) is 11.9. The topological polar surface area (TPSA) is 33.4 Å². The molecule has 0 bridgehead atoms. The molecule has 2 nitrogen and oxygen atoms in total. The van der Waals surface area contributed by atoms with E-state index in [-0.39, 0.29) is 5.25 Å². The third kappa shape index (κ3) is 2.57. The Morgan fingerprint density at radius 1 is 1.53 bits per heavy atom. The third-order valence-corrected chi connectivity index (χ3v) is 6.30. The van der Waals surface area contributed by atoms with E-state index in [2.05, 4.69) is 22.9 Å². The van der Waals surface area contributed by atoms with Gasteiger partial charge in [0.2, 0.25) is 0 Å². The average Bonchev–Trinajstić information content (AvgIpc) is 2.64. The van der Waals surface area contributed by atoms with Gasteiger partial charge in [-0.05, 0) is 22.0 Å². The van der Waals surface area contributed by atoms with Crippen molar-refractivity contribution < 1.29 is 9.52 Å². The molecule has 5 heteroatoms. The van der Waals surface area contributed by atoms with Crippen molar-refractivity contribution in [1.82, 2.24) is 0 Å². The Morgan fingerprint density at radius 3 is 2.87 bits per heavy atom. The van der Waals surface area contributed by atoms with E-state index in [0.29, 0.717) is 11.0 Å². The molecule has 3 unspecified atom stereocenters. The second kappa shape index (κ2) is 5.17. The molecule has 1 fully saturated rings. The zero-order valence-corrected chi connectivity index (χ0v) is 11.6. The van der Waals surface area contributed by atoms with Crippen LogP contribution in [0.2, 0.25) is 0 Å². The molecule has 0 saturated carbocycles. The van der Waals surface area contributed by atoms with Crippen molar-refractivity contribution in [2.45, 2.75) is 23.5 Å². The van der Waals surface area contributed by atoms with Gasteiger partial charge < -0.3 is 9.52 Å². The second-order valence-electron chi connectivity index (χ2n) is 3.49. The summed E-state index contributed by atoms with van der Waals surface area (Å²) in [4.78, 5) is 0. The third-order valence-electron chi connectivity index (χ3n) is 2.46. The predicted octanol–water partition coefficient (Wildman–Crippen LogP) is 3.31. The molecule has 2 rings (SSSR count). The number of aliphatic hydroxyl groups excluding tert-OH is 1. The fraction of sp³-hybridized carbons (Fsp3) is 0.600. The van der Waals surface area contributed by atoms with Gasteiger partial charge in [-0.15, -0.1) is 0 Å². The minimum absolute atomic E-state index is 0.228. The normalized spacial score (nSPS) is 29.0. The van der Waals surface area contributed by atoms with Crippen LogP contribution in [0, 0.1) is 0 Å². The highest BCUT2D eigenvalue weighted by Gasteiger charge is 2.32. The van der Waals surface area contributed by atoms with Crippen molar-refractivity contribution in [1.29, 1.82) is 0 Å². The molecule has 1 saturated heterocycles. The molecule has 2 heterocycles. The van der Waals surface area contributed by atoms with Crippen LogP contribution in [-0.4, -0.2) is 27.1 Å². The first-order chi connectivity index (χ1) is 7.20. The molecule has 1 aliphatic heterocycles. The maximum atomic E-state index is 10.2. The van der Waals surface area contributed by atoms with Crippen LogP contribution in [0.1, 0.15) is 18.8 Å². The number of furan rings is 1. The minimum Gasteiger partial charge on any atom is -0.465 e. The molecule has 0 aliphatic carbocycles. The summed E-state index contributed by atoms with van der Waals surface area (Å²) < 4.78 is 6.17. The van der Waals surface area contributed by atoms with E-state index in [0.717, 1.165) is 10.2 Å². The van der Waals surface area contributed by atoms with Gasteiger partial charge in [0, 0.05) is 22.0 Å². The lowest BCUT2D eigenvalue weighted by Crippen LogP contribution is -2.29. The highest BCUT2D eigenvalue weighted by Crippen LogP contribution is 2.40. The summed E-state index contributed by atoms with van der Waals surface area (Å²) in [5, 5.41) is 10.9. The standard InChI is InChI=1S/C10H13BrO2S2/c1-6-10(15-5-4-14-6)8(12)9-7(11)2-3-13-9/h2-3,6,8,10,12H,4-5H2,1H3. The lowest BCUT2D eigenvalue weighted by molar-refractivity contribution is 0.145. The van der Waals surface area contributed by atoms with Gasteiger partial charge in [0.15, 0.2) is 0 Å². The molecule has 84 valence electrons. The van der Waals surface area contributed by atoms with Crippen molar-refractivity contribution in [2.24, 2.45) is 0 Å². The molecule has 1 N–H and O–H groups in total. The number of aliphatic hydroxyl groups is 1. The molecule has 15 heavy (non-hydrogen) atoms. The zero-order valence-electron chi connectivity index (χ0n) is 8.35. The van der Waals surface area contributed by atoms with E-state index in [1.165, 1.54) is 5.75 Å². The maximum absolute atomic E-state index is 10.2. The quantitative estimate of drug-likeness (QED) is 0.908. The van der Waals surface area contributed by atoms with E-state index >= 15 is 0 Å². The fourth-order valence-corrected chi connectivity index (χ4v) is 4.90. The summed E-state index contributed by atoms with van der Waals surface area (Å²) in [6, 6.07) is 1.82. The Morgan fingerprint density at radius 2 is 2.27 bits per heavy atom. The highest BCUT2D eigenvalue weighted by molar-refractivity contribution is 9.10. The van der Waals surface area contributed by atoms with Gasteiger partial charge in [0.05, 0.1) is 10.7 Å². The first-order valence-corrected chi connectivity index (χ1v) is 7.73. The molecule has 0 aromatic carbocycles. The predicted molar refractivity (Wildman–Crippen MR) is 69.5 cm³/mol. The van der Waals surface area contributed by atoms with E-state index in [9.17, 15) is 5.11 Å². The molecule has 0 amide bonds. The molecule has 3 atom stereocenters. The zero-order chi connectivity index (χ0) is 10.8. The average molecular weight is 309 g/mol. The van der Waals surface area contributed by atoms with Crippen molar-refractivity contribution in [3.05, 3.63) is 22.6 Å². The molecule has 1 aliphatic rings. The molecule has 0 radical (unpaired) electrons. The Kier molecular flexibility index (Phi) is 4.10. The van der Waals surface area contributed by atoms with Crippen LogP contribution in [0.4, 0.5) is 0 Å². The Hall–Kier alpha value is 0.420. The largest absolute Gasteiger partial charge is 0.465 e. The van der Waals surface area contributed by atoms with Crippen molar-refractivity contribution in [2.75, 3.05) is 11.5 Å². The summed E-state index contributed by atoms with van der Waals surface area (Å²) in [5.74, 6) is 2.94. The van der Waals surface area contributed by atoms with Crippen LogP contribution < -0.4 is 0 Å². The number of halogens is 1. The van der Waals surface area contributed by atoms with Crippen LogP contribution >= 0.6 is 39.5 Å². The summed E-state index contributed by atoms with van der Waals surface area (Å²) in [6.45, 7) is 2.17. The van der Waals surface area contributed by atoms with Gasteiger partial charge >= 0.3 is 0 Å². The fourth-order valence-electron chi connectivity index (χ4n) is 1.66. The number of hydrogen-bond donors (Lipinski definition) is 1. The van der Waals surface area contributed by atoms with E-state index in [1.54, 1.807) is 6.26 Å². The van der Waals surface area contributed by atoms with Crippen molar-refractivity contribution >= 4 is 39.5 Å². The highest BCUT2D eigenvalue weighted by atomic mass is 79.9. The lowest BCUT2D eigenvalue weighted by atomic mass is 10.1. The van der Waals surface area contributed by atoms with Gasteiger partial charge in [-0.1, -0.05) is 6.92 Å². The molecule has 0 spiro atoms. The van der Waals surface area contributed by atoms with Gasteiger partial charge in [-0.25, -0.2) is 0 Å². The van der Waals surface area contributed by atoms with Gasteiger partial charge in [-0.2, -0.15) is 23.5 Å². The van der Waals surface area contributed by atoms with Crippen molar-refractivity contribution in [3.63, 3.8) is 0 Å². The van der Waals surface area contributed by atoms with Crippen LogP contribution in [-0.2, 0) is 0 Å². The van der Waals surface area contributed by atoms with Gasteiger partial charge in [0.25, 0.3) is 0 Å². The SMILES string of the molecule is CC1SCCSC1C(O)c1occc1Br. The summed E-state index contributed by atoms with van der Waals surface area (Å²) >= 11 is 7.14. The number of rotatable bonds is 2. The van der Waals surface area contributed by atoms with E-state index < -0.39 is 6.10 Å². The summed E-state index contributed by atoms with van der Waals surface area (Å²) in [5.41, 5.74) is 0. The number of thioether (sulfide) groups is 2. The van der Waals surface area contributed by atoms with E-state index in [4.69, 9.17) is 4.42 Å².